The van der Waals surface area contributed by atoms with E-state index in [9.17, 15) is 4.79 Å². The average Bonchev–Trinajstić information content (AvgIpc) is 2.90. The molecule has 1 amide bonds. The van der Waals surface area contributed by atoms with Gasteiger partial charge < -0.3 is 25.8 Å². The molecule has 0 aliphatic rings. The number of rotatable bonds is 25. The van der Waals surface area contributed by atoms with E-state index in [-0.39, 0.29) is 42.9 Å². The molecule has 1 aromatic carbocycles. The Morgan fingerprint density at radius 1 is 0.842 bits per heavy atom. The number of benzene rings is 1. The topological polar surface area (TPSA) is 85.6 Å². The zero-order valence-corrected chi connectivity index (χ0v) is 25.7. The maximum absolute atomic E-state index is 13.1. The fourth-order valence-electron chi connectivity index (χ4n) is 4.14. The summed E-state index contributed by atoms with van der Waals surface area (Å²) in [5.41, 5.74) is 6.85. The van der Waals surface area contributed by atoms with Crippen LogP contribution >= 0.6 is 24.8 Å². The number of ether oxygens (including phenoxy) is 2. The molecule has 0 aliphatic carbocycles. The largest absolute Gasteiger partial charge is 0.379 e. The van der Waals surface area contributed by atoms with E-state index < -0.39 is 0 Å². The predicted molar refractivity (Wildman–Crippen MR) is 166 cm³/mol. The Hall–Kier alpha value is -0.890. The van der Waals surface area contributed by atoms with Crippen molar-refractivity contribution in [2.75, 3.05) is 32.9 Å². The van der Waals surface area contributed by atoms with Crippen molar-refractivity contribution in [3.05, 3.63) is 35.9 Å². The predicted octanol–water partition coefficient (Wildman–Crippen LogP) is 6.58. The molecule has 1 rings (SSSR count). The van der Waals surface area contributed by atoms with Crippen LogP contribution in [0.5, 0.6) is 0 Å². The highest BCUT2D eigenvalue weighted by Crippen LogP contribution is 2.07. The highest BCUT2D eigenvalue weighted by Gasteiger charge is 2.19. The number of carbonyl (C=O) groups is 1. The lowest BCUT2D eigenvalue weighted by atomic mass is 10.1. The maximum atomic E-state index is 13.1. The second kappa shape index (κ2) is 29.1. The van der Waals surface area contributed by atoms with E-state index in [2.05, 4.69) is 36.6 Å². The SMILES string of the molecule is CCCCCCCOCC(CNC(=O)[C@H](CCCCN)NCc1ccccc1)OCCCCCCC.Cl.Cl. The molecule has 38 heavy (non-hydrogen) atoms. The molecule has 0 radical (unpaired) electrons. The first-order chi connectivity index (χ1) is 17.7. The van der Waals surface area contributed by atoms with Crippen molar-refractivity contribution in [3.8, 4) is 0 Å². The fraction of sp³-hybridized carbons (Fsp3) is 0.767. The van der Waals surface area contributed by atoms with Crippen LogP contribution in [0.1, 0.15) is 103 Å². The first kappa shape index (κ1) is 39.3. The van der Waals surface area contributed by atoms with Gasteiger partial charge in [0.2, 0.25) is 5.91 Å². The van der Waals surface area contributed by atoms with Gasteiger partial charge in [0.15, 0.2) is 0 Å². The normalized spacial score (nSPS) is 12.3. The van der Waals surface area contributed by atoms with Crippen LogP contribution in [0.15, 0.2) is 30.3 Å². The third-order valence-corrected chi connectivity index (χ3v) is 6.46. The van der Waals surface area contributed by atoms with Gasteiger partial charge in [0.1, 0.15) is 0 Å². The van der Waals surface area contributed by atoms with E-state index in [0.29, 0.717) is 26.2 Å². The van der Waals surface area contributed by atoms with Crippen molar-refractivity contribution in [2.24, 2.45) is 5.73 Å². The Morgan fingerprint density at radius 2 is 1.47 bits per heavy atom. The first-order valence-corrected chi connectivity index (χ1v) is 14.7. The van der Waals surface area contributed by atoms with Gasteiger partial charge >= 0.3 is 0 Å². The minimum Gasteiger partial charge on any atom is -0.379 e. The number of amides is 1. The molecule has 1 unspecified atom stereocenters. The number of hydrogen-bond donors (Lipinski definition) is 3. The summed E-state index contributed by atoms with van der Waals surface area (Å²) in [6.07, 6.45) is 14.6. The molecule has 1 aromatic rings. The molecule has 0 spiro atoms. The van der Waals surface area contributed by atoms with Crippen LogP contribution in [0, 0.1) is 0 Å². The zero-order chi connectivity index (χ0) is 26.1. The summed E-state index contributed by atoms with van der Waals surface area (Å²) in [6, 6.07) is 9.96. The van der Waals surface area contributed by atoms with E-state index in [1.165, 1.54) is 56.9 Å². The molecule has 6 nitrogen and oxygen atoms in total. The minimum absolute atomic E-state index is 0. The molecule has 0 saturated carbocycles. The third-order valence-electron chi connectivity index (χ3n) is 6.46. The van der Waals surface area contributed by atoms with E-state index in [0.717, 1.165) is 45.3 Å². The number of halogens is 2. The molecule has 2 atom stereocenters. The number of hydrogen-bond acceptors (Lipinski definition) is 5. The van der Waals surface area contributed by atoms with Crippen molar-refractivity contribution in [1.82, 2.24) is 10.6 Å². The van der Waals surface area contributed by atoms with Crippen LogP contribution in [-0.4, -0.2) is 51.0 Å². The minimum atomic E-state index is -0.245. The molecule has 0 bridgehead atoms. The molecular weight excluding hydrogens is 521 g/mol. The molecule has 224 valence electrons. The summed E-state index contributed by atoms with van der Waals surface area (Å²) < 4.78 is 12.1. The monoisotopic (exact) mass is 577 g/mol. The summed E-state index contributed by atoms with van der Waals surface area (Å²) in [5.74, 6) is 0.0269. The van der Waals surface area contributed by atoms with E-state index in [4.69, 9.17) is 15.2 Å². The molecule has 4 N–H and O–H groups in total. The summed E-state index contributed by atoms with van der Waals surface area (Å²) in [6.45, 7) is 8.26. The number of nitrogens with one attached hydrogen (secondary N) is 2. The molecule has 0 aliphatic heterocycles. The average molecular weight is 579 g/mol. The van der Waals surface area contributed by atoms with Crippen LogP contribution in [0.3, 0.4) is 0 Å². The van der Waals surface area contributed by atoms with Crippen molar-refractivity contribution < 1.29 is 14.3 Å². The van der Waals surface area contributed by atoms with Gasteiger partial charge in [-0.2, -0.15) is 0 Å². The van der Waals surface area contributed by atoms with Gasteiger partial charge in [-0.05, 0) is 37.8 Å². The summed E-state index contributed by atoms with van der Waals surface area (Å²) >= 11 is 0. The lowest BCUT2D eigenvalue weighted by Crippen LogP contribution is -2.47. The Kier molecular flexibility index (Phi) is 30.1. The van der Waals surface area contributed by atoms with E-state index in [1.54, 1.807) is 0 Å². The number of carbonyl (C=O) groups excluding carboxylic acids is 1. The second-order valence-corrected chi connectivity index (χ2v) is 9.84. The first-order valence-electron chi connectivity index (χ1n) is 14.7. The van der Waals surface area contributed by atoms with Crippen LogP contribution in [0.4, 0.5) is 0 Å². The lowest BCUT2D eigenvalue weighted by Gasteiger charge is -2.22. The van der Waals surface area contributed by atoms with Crippen molar-refractivity contribution in [1.29, 1.82) is 0 Å². The molecule has 0 heterocycles. The molecule has 0 fully saturated rings. The van der Waals surface area contributed by atoms with Gasteiger partial charge in [-0.15, -0.1) is 24.8 Å². The zero-order valence-electron chi connectivity index (χ0n) is 24.1. The number of nitrogens with two attached hydrogens (primary N) is 1. The fourth-order valence-corrected chi connectivity index (χ4v) is 4.14. The van der Waals surface area contributed by atoms with Gasteiger partial charge in [-0.25, -0.2) is 0 Å². The Bertz CT molecular complexity index is 626. The highest BCUT2D eigenvalue weighted by atomic mass is 35.5. The molecular formula is C30H57Cl2N3O3. The van der Waals surface area contributed by atoms with Gasteiger partial charge in [-0.3, -0.25) is 4.79 Å². The molecule has 0 saturated heterocycles. The summed E-state index contributed by atoms with van der Waals surface area (Å²) in [5, 5.41) is 6.58. The second-order valence-electron chi connectivity index (χ2n) is 9.84. The quantitative estimate of drug-likeness (QED) is 0.114. The summed E-state index contributed by atoms with van der Waals surface area (Å²) in [4.78, 5) is 13.1. The van der Waals surface area contributed by atoms with Crippen LogP contribution < -0.4 is 16.4 Å². The molecule has 8 heteroatoms. The number of unbranched alkanes of at least 4 members (excludes halogenated alkanes) is 9. The van der Waals surface area contributed by atoms with E-state index >= 15 is 0 Å². The lowest BCUT2D eigenvalue weighted by molar-refractivity contribution is -0.124. The summed E-state index contributed by atoms with van der Waals surface area (Å²) in [7, 11) is 0. The van der Waals surface area contributed by atoms with Crippen LogP contribution in [0.25, 0.3) is 0 Å². The smallest absolute Gasteiger partial charge is 0.237 e. The Balaban J connectivity index is 0. The van der Waals surface area contributed by atoms with Gasteiger partial charge in [-0.1, -0.05) is 102 Å². The standard InChI is InChI=1S/C30H55N3O3.2ClH/c1-3-5-7-9-16-22-35-26-28(36-23-17-10-8-6-4-2)25-33-30(34)29(20-14-15-21-31)32-24-27-18-12-11-13-19-27;;/h11-13,18-19,28-29,32H,3-10,14-17,20-26,31H2,1-2H3,(H,33,34);2*1H/t28?,29-;;/m0../s1. The van der Waals surface area contributed by atoms with Crippen LogP contribution in [-0.2, 0) is 20.8 Å². The van der Waals surface area contributed by atoms with Crippen molar-refractivity contribution >= 4 is 30.7 Å². The molecule has 0 aromatic heterocycles. The van der Waals surface area contributed by atoms with Crippen molar-refractivity contribution in [2.45, 2.75) is 116 Å². The van der Waals surface area contributed by atoms with Gasteiger partial charge in [0, 0.05) is 26.3 Å². The maximum Gasteiger partial charge on any atom is 0.237 e. The van der Waals surface area contributed by atoms with Crippen molar-refractivity contribution in [3.63, 3.8) is 0 Å². The highest BCUT2D eigenvalue weighted by molar-refractivity contribution is 5.85. The van der Waals surface area contributed by atoms with Crippen LogP contribution in [0.2, 0.25) is 0 Å². The van der Waals surface area contributed by atoms with Gasteiger partial charge in [0.25, 0.3) is 0 Å². The van der Waals surface area contributed by atoms with E-state index in [1.807, 2.05) is 18.2 Å². The Labute approximate surface area is 245 Å². The third kappa shape index (κ3) is 22.0. The Morgan fingerprint density at radius 3 is 2.11 bits per heavy atom. The van der Waals surface area contributed by atoms with Gasteiger partial charge in [0.05, 0.1) is 18.8 Å².